The van der Waals surface area contributed by atoms with E-state index >= 15 is 0 Å². The van der Waals surface area contributed by atoms with Crippen LogP contribution in [-0.4, -0.2) is 40.8 Å². The maximum absolute atomic E-state index is 11.9. The molecule has 4 aromatic rings. The van der Waals surface area contributed by atoms with Gasteiger partial charge in [-0.2, -0.15) is 0 Å². The molecule has 0 bridgehead atoms. The summed E-state index contributed by atoms with van der Waals surface area (Å²) in [5.41, 5.74) is 3.53. The third kappa shape index (κ3) is 3.97. The molecule has 0 amide bonds. The van der Waals surface area contributed by atoms with Gasteiger partial charge in [-0.1, -0.05) is 6.07 Å². The van der Waals surface area contributed by atoms with Gasteiger partial charge in [0.05, 0.1) is 5.56 Å². The number of carboxylic acid groups (broad SMARTS) is 1. The lowest BCUT2D eigenvalue weighted by atomic mass is 10.0. The zero-order valence-corrected chi connectivity index (χ0v) is 18.2. The highest BCUT2D eigenvalue weighted by atomic mass is 32.1. The van der Waals surface area contributed by atoms with Crippen molar-refractivity contribution in [3.8, 4) is 22.9 Å². The molecule has 0 saturated heterocycles. The van der Waals surface area contributed by atoms with Crippen molar-refractivity contribution >= 4 is 33.2 Å². The third-order valence-electron chi connectivity index (χ3n) is 5.38. The highest BCUT2D eigenvalue weighted by Crippen LogP contribution is 2.32. The van der Waals surface area contributed by atoms with Crippen molar-refractivity contribution in [2.45, 2.75) is 13.3 Å². The molecule has 0 aliphatic carbocycles. The number of ether oxygens (including phenoxy) is 2. The summed E-state index contributed by atoms with van der Waals surface area (Å²) in [5.74, 6) is 0.965. The molecule has 162 valence electrons. The number of aromatic carboxylic acids is 1. The standard InChI is InChI=1S/C24H21N3O4S/c1-14-10-18(24(28)29)17(22-26-13-16-5-9-32-23(16)27-22)12-19(14)25-6-4-15-2-3-20-21(11-15)31-8-7-30-20/h2-3,5,9-13,25H,4,6-8H2,1H3,(H,28,29). The zero-order chi connectivity index (χ0) is 22.1. The maximum atomic E-state index is 11.9. The van der Waals surface area contributed by atoms with E-state index < -0.39 is 5.97 Å². The van der Waals surface area contributed by atoms with Gasteiger partial charge in [0.15, 0.2) is 17.3 Å². The number of nitrogens with one attached hydrogen (secondary N) is 1. The average molecular weight is 448 g/mol. The van der Waals surface area contributed by atoms with Gasteiger partial charge < -0.3 is 19.9 Å². The summed E-state index contributed by atoms with van der Waals surface area (Å²) in [4.78, 5) is 21.7. The Bertz CT molecular complexity index is 1320. The number of aryl methyl sites for hydroxylation is 1. The van der Waals surface area contributed by atoms with Crippen molar-refractivity contribution in [1.29, 1.82) is 0 Å². The first-order valence-electron chi connectivity index (χ1n) is 10.3. The molecule has 0 atom stereocenters. The van der Waals surface area contributed by atoms with E-state index in [1.807, 2.05) is 42.6 Å². The molecule has 8 heteroatoms. The van der Waals surface area contributed by atoms with E-state index in [-0.39, 0.29) is 5.56 Å². The molecule has 0 radical (unpaired) electrons. The Kier molecular flexibility index (Phi) is 5.36. The molecule has 0 spiro atoms. The first-order chi connectivity index (χ1) is 15.6. The normalized spacial score (nSPS) is 12.7. The first-order valence-corrected chi connectivity index (χ1v) is 11.2. The highest BCUT2D eigenvalue weighted by Gasteiger charge is 2.18. The summed E-state index contributed by atoms with van der Waals surface area (Å²) < 4.78 is 11.2. The second-order valence-corrected chi connectivity index (χ2v) is 8.44. The lowest BCUT2D eigenvalue weighted by Crippen LogP contribution is -2.15. The summed E-state index contributed by atoms with van der Waals surface area (Å²) in [6, 6.07) is 11.4. The monoisotopic (exact) mass is 447 g/mol. The smallest absolute Gasteiger partial charge is 0.336 e. The van der Waals surface area contributed by atoms with Crippen molar-refractivity contribution in [3.05, 3.63) is 64.7 Å². The van der Waals surface area contributed by atoms with Crippen LogP contribution in [0.15, 0.2) is 48.0 Å². The van der Waals surface area contributed by atoms with E-state index in [9.17, 15) is 9.90 Å². The van der Waals surface area contributed by atoms with Gasteiger partial charge in [-0.15, -0.1) is 11.3 Å². The van der Waals surface area contributed by atoms with Gasteiger partial charge in [0, 0.05) is 29.4 Å². The molecule has 0 saturated carbocycles. The van der Waals surface area contributed by atoms with Gasteiger partial charge in [-0.05, 0) is 60.2 Å². The van der Waals surface area contributed by atoms with E-state index in [1.54, 1.807) is 12.3 Å². The van der Waals surface area contributed by atoms with Crippen LogP contribution < -0.4 is 14.8 Å². The molecule has 2 aromatic carbocycles. The molecule has 5 rings (SSSR count). The van der Waals surface area contributed by atoms with E-state index in [4.69, 9.17) is 9.47 Å². The Morgan fingerprint density at radius 1 is 1.16 bits per heavy atom. The molecular formula is C24H21N3O4S. The predicted octanol–water partition coefficient (Wildman–Crippen LogP) is 4.79. The Morgan fingerprint density at radius 3 is 2.84 bits per heavy atom. The number of hydrogen-bond donors (Lipinski definition) is 2. The Morgan fingerprint density at radius 2 is 2.00 bits per heavy atom. The van der Waals surface area contributed by atoms with Crippen molar-refractivity contribution in [3.63, 3.8) is 0 Å². The number of carboxylic acids is 1. The van der Waals surface area contributed by atoms with E-state index in [0.29, 0.717) is 31.1 Å². The molecule has 32 heavy (non-hydrogen) atoms. The second kappa shape index (κ2) is 8.47. The van der Waals surface area contributed by atoms with Gasteiger partial charge in [-0.3, -0.25) is 0 Å². The van der Waals surface area contributed by atoms with Crippen LogP contribution in [0.5, 0.6) is 11.5 Å². The predicted molar refractivity (Wildman–Crippen MR) is 124 cm³/mol. The van der Waals surface area contributed by atoms with Crippen LogP contribution in [0.1, 0.15) is 21.5 Å². The van der Waals surface area contributed by atoms with Gasteiger partial charge in [0.2, 0.25) is 0 Å². The van der Waals surface area contributed by atoms with Gasteiger partial charge in [0.1, 0.15) is 18.0 Å². The minimum atomic E-state index is -0.999. The van der Waals surface area contributed by atoms with Crippen molar-refractivity contribution in [1.82, 2.24) is 9.97 Å². The fraction of sp³-hybridized carbons (Fsp3) is 0.208. The third-order valence-corrected chi connectivity index (χ3v) is 6.20. The van der Waals surface area contributed by atoms with Crippen LogP contribution in [0.3, 0.4) is 0 Å². The molecule has 0 unspecified atom stereocenters. The Balaban J connectivity index is 1.39. The maximum Gasteiger partial charge on any atom is 0.336 e. The van der Waals surface area contributed by atoms with Crippen LogP contribution in [-0.2, 0) is 6.42 Å². The molecule has 2 N–H and O–H groups in total. The number of rotatable bonds is 6. The topological polar surface area (TPSA) is 93.6 Å². The van der Waals surface area contributed by atoms with Crippen LogP contribution in [0.4, 0.5) is 5.69 Å². The number of aromatic nitrogens is 2. The molecule has 1 aliphatic heterocycles. The van der Waals surface area contributed by atoms with Gasteiger partial charge in [0.25, 0.3) is 0 Å². The largest absolute Gasteiger partial charge is 0.486 e. The van der Waals surface area contributed by atoms with E-state index in [0.717, 1.165) is 45.0 Å². The minimum Gasteiger partial charge on any atom is -0.486 e. The number of hydrogen-bond acceptors (Lipinski definition) is 7. The van der Waals surface area contributed by atoms with Crippen molar-refractivity contribution in [2.75, 3.05) is 25.1 Å². The van der Waals surface area contributed by atoms with Crippen LogP contribution in [0.2, 0.25) is 0 Å². The molecule has 2 aromatic heterocycles. The SMILES string of the molecule is Cc1cc(C(=O)O)c(-c2ncc3ccsc3n2)cc1NCCc1ccc2c(c1)OCCO2. The van der Waals surface area contributed by atoms with Gasteiger partial charge in [-0.25, -0.2) is 14.8 Å². The lowest BCUT2D eigenvalue weighted by molar-refractivity contribution is 0.0697. The Labute approximate surface area is 188 Å². The number of carbonyl (C=O) groups is 1. The fourth-order valence-corrected chi connectivity index (χ4v) is 4.47. The summed E-state index contributed by atoms with van der Waals surface area (Å²) in [7, 11) is 0. The molecule has 1 aliphatic rings. The summed E-state index contributed by atoms with van der Waals surface area (Å²) >= 11 is 1.51. The van der Waals surface area contributed by atoms with Crippen molar-refractivity contribution in [2.24, 2.45) is 0 Å². The molecule has 3 heterocycles. The quantitative estimate of drug-likeness (QED) is 0.439. The second-order valence-electron chi connectivity index (χ2n) is 7.55. The van der Waals surface area contributed by atoms with Crippen LogP contribution in [0.25, 0.3) is 21.6 Å². The lowest BCUT2D eigenvalue weighted by Gasteiger charge is -2.19. The van der Waals surface area contributed by atoms with E-state index in [1.165, 1.54) is 11.3 Å². The van der Waals surface area contributed by atoms with E-state index in [2.05, 4.69) is 15.3 Å². The first kappa shape index (κ1) is 20.3. The fourth-order valence-electron chi connectivity index (χ4n) is 3.73. The number of anilines is 1. The number of benzene rings is 2. The van der Waals surface area contributed by atoms with Crippen LogP contribution in [0, 0.1) is 6.92 Å². The summed E-state index contributed by atoms with van der Waals surface area (Å²) in [6.07, 6.45) is 2.51. The number of nitrogens with zero attached hydrogens (tertiary/aromatic N) is 2. The van der Waals surface area contributed by atoms with Crippen molar-refractivity contribution < 1.29 is 19.4 Å². The molecule has 7 nitrogen and oxygen atoms in total. The average Bonchev–Trinajstić information content (AvgIpc) is 3.27. The molecule has 0 fully saturated rings. The summed E-state index contributed by atoms with van der Waals surface area (Å²) in [6.45, 7) is 3.71. The number of thiophene rings is 1. The highest BCUT2D eigenvalue weighted by molar-refractivity contribution is 7.16. The molecular weight excluding hydrogens is 426 g/mol. The summed E-state index contributed by atoms with van der Waals surface area (Å²) in [5, 5.41) is 16.1. The van der Waals surface area contributed by atoms with Gasteiger partial charge >= 0.3 is 5.97 Å². The van der Waals surface area contributed by atoms with Crippen LogP contribution >= 0.6 is 11.3 Å². The zero-order valence-electron chi connectivity index (χ0n) is 17.4. The minimum absolute atomic E-state index is 0.191. The Hall–Kier alpha value is -3.65. The number of fused-ring (bicyclic) bond motifs is 2.